The number of ether oxygens (including phenoxy) is 1. The number of carbonyl (C=O) groups is 1. The number of rotatable bonds is 4. The highest BCUT2D eigenvalue weighted by molar-refractivity contribution is 5.83. The standard InChI is InChI=1S/C19H32N2O2/c1-13(21-17(22)18(12-20)2-4-23-5-3-18)19-9-14-6-15(10-19)8-16(7-14)11-19/h13-16H,2-12,20H2,1H3,(H,21,22). The van der Waals surface area contributed by atoms with Gasteiger partial charge in [0.25, 0.3) is 0 Å². The van der Waals surface area contributed by atoms with Crippen LogP contribution in [0.2, 0.25) is 0 Å². The summed E-state index contributed by atoms with van der Waals surface area (Å²) < 4.78 is 5.45. The molecule has 130 valence electrons. The van der Waals surface area contributed by atoms with Crippen LogP contribution < -0.4 is 11.1 Å². The fourth-order valence-corrected chi connectivity index (χ4v) is 6.50. The molecule has 5 rings (SSSR count). The second-order valence-electron chi connectivity index (χ2n) is 9.07. The van der Waals surface area contributed by atoms with Crippen LogP contribution in [0.5, 0.6) is 0 Å². The first-order chi connectivity index (χ1) is 11.1. The second kappa shape index (κ2) is 5.73. The lowest BCUT2D eigenvalue weighted by atomic mass is 9.48. The van der Waals surface area contributed by atoms with Gasteiger partial charge >= 0.3 is 0 Å². The van der Waals surface area contributed by atoms with Gasteiger partial charge in [-0.1, -0.05) is 0 Å². The van der Waals surface area contributed by atoms with Crippen LogP contribution in [0.3, 0.4) is 0 Å². The highest BCUT2D eigenvalue weighted by Gasteiger charge is 2.54. The van der Waals surface area contributed by atoms with E-state index in [-0.39, 0.29) is 11.9 Å². The van der Waals surface area contributed by atoms with Gasteiger partial charge in [-0.05, 0) is 81.5 Å². The first-order valence-electron chi connectivity index (χ1n) is 9.64. The van der Waals surface area contributed by atoms with Crippen LogP contribution in [0.4, 0.5) is 0 Å². The first kappa shape index (κ1) is 15.9. The van der Waals surface area contributed by atoms with E-state index in [0.717, 1.165) is 30.6 Å². The van der Waals surface area contributed by atoms with Crippen molar-refractivity contribution in [2.24, 2.45) is 34.3 Å². The predicted molar refractivity (Wildman–Crippen MR) is 89.8 cm³/mol. The predicted octanol–water partition coefficient (Wildman–Crippen LogP) is 2.46. The maximum Gasteiger partial charge on any atom is 0.227 e. The third kappa shape index (κ3) is 2.62. The van der Waals surface area contributed by atoms with Gasteiger partial charge in [-0.3, -0.25) is 4.79 Å². The lowest BCUT2D eigenvalue weighted by Crippen LogP contribution is -2.59. The van der Waals surface area contributed by atoms with Gasteiger partial charge in [0.05, 0.1) is 5.41 Å². The Morgan fingerprint density at radius 3 is 2.13 bits per heavy atom. The molecular formula is C19H32N2O2. The third-order valence-corrected chi connectivity index (χ3v) is 7.67. The molecule has 1 amide bonds. The molecule has 5 aliphatic rings. The minimum atomic E-state index is -0.394. The summed E-state index contributed by atoms with van der Waals surface area (Å²) >= 11 is 0. The molecule has 3 N–H and O–H groups in total. The van der Waals surface area contributed by atoms with Crippen molar-refractivity contribution in [3.8, 4) is 0 Å². The Morgan fingerprint density at radius 1 is 1.13 bits per heavy atom. The van der Waals surface area contributed by atoms with Crippen molar-refractivity contribution in [2.75, 3.05) is 19.8 Å². The van der Waals surface area contributed by atoms with Crippen LogP contribution in [-0.4, -0.2) is 31.7 Å². The van der Waals surface area contributed by atoms with Crippen LogP contribution in [0.15, 0.2) is 0 Å². The summed E-state index contributed by atoms with van der Waals surface area (Å²) in [6.45, 7) is 4.02. The van der Waals surface area contributed by atoms with Crippen molar-refractivity contribution in [1.29, 1.82) is 0 Å². The molecule has 1 atom stereocenters. The molecule has 23 heavy (non-hydrogen) atoms. The van der Waals surface area contributed by atoms with E-state index < -0.39 is 5.41 Å². The highest BCUT2D eigenvalue weighted by Crippen LogP contribution is 2.61. The molecule has 0 aromatic heterocycles. The topological polar surface area (TPSA) is 64.4 Å². The van der Waals surface area contributed by atoms with Gasteiger partial charge in [0.2, 0.25) is 5.91 Å². The Morgan fingerprint density at radius 2 is 1.65 bits per heavy atom. The zero-order valence-electron chi connectivity index (χ0n) is 14.5. The maximum absolute atomic E-state index is 13.0. The Kier molecular flexibility index (Phi) is 3.96. The van der Waals surface area contributed by atoms with Crippen LogP contribution in [-0.2, 0) is 9.53 Å². The number of carbonyl (C=O) groups excluding carboxylic acids is 1. The number of hydrogen-bond acceptors (Lipinski definition) is 3. The van der Waals surface area contributed by atoms with E-state index in [9.17, 15) is 4.79 Å². The van der Waals surface area contributed by atoms with E-state index in [1.165, 1.54) is 38.5 Å². The number of hydrogen-bond donors (Lipinski definition) is 2. The Hall–Kier alpha value is -0.610. The molecule has 5 fully saturated rings. The minimum Gasteiger partial charge on any atom is -0.381 e. The minimum absolute atomic E-state index is 0.187. The Bertz CT molecular complexity index is 435. The maximum atomic E-state index is 13.0. The number of nitrogens with two attached hydrogens (primary N) is 1. The summed E-state index contributed by atoms with van der Waals surface area (Å²) in [5.74, 6) is 2.96. The zero-order chi connectivity index (χ0) is 16.1. The van der Waals surface area contributed by atoms with E-state index in [1.54, 1.807) is 0 Å². The molecule has 4 nitrogen and oxygen atoms in total. The molecular weight excluding hydrogens is 288 g/mol. The molecule has 4 saturated carbocycles. The summed E-state index contributed by atoms with van der Waals surface area (Å²) in [4.78, 5) is 13.0. The van der Waals surface area contributed by atoms with Crippen LogP contribution in [0.25, 0.3) is 0 Å². The van der Waals surface area contributed by atoms with E-state index in [1.807, 2.05) is 0 Å². The molecule has 4 bridgehead atoms. The number of nitrogens with one attached hydrogen (secondary N) is 1. The average Bonchev–Trinajstić information content (AvgIpc) is 2.54. The normalized spacial score (nSPS) is 42.4. The van der Waals surface area contributed by atoms with Crippen molar-refractivity contribution in [3.05, 3.63) is 0 Å². The quantitative estimate of drug-likeness (QED) is 0.836. The van der Waals surface area contributed by atoms with Crippen molar-refractivity contribution in [1.82, 2.24) is 5.32 Å². The molecule has 4 aliphatic carbocycles. The second-order valence-corrected chi connectivity index (χ2v) is 9.07. The molecule has 1 aliphatic heterocycles. The molecule has 0 aromatic rings. The van der Waals surface area contributed by atoms with Crippen LogP contribution in [0, 0.1) is 28.6 Å². The number of amides is 1. The van der Waals surface area contributed by atoms with Crippen molar-refractivity contribution >= 4 is 5.91 Å². The monoisotopic (exact) mass is 320 g/mol. The molecule has 4 heteroatoms. The van der Waals surface area contributed by atoms with Gasteiger partial charge in [-0.15, -0.1) is 0 Å². The highest BCUT2D eigenvalue weighted by atomic mass is 16.5. The van der Waals surface area contributed by atoms with Crippen LogP contribution >= 0.6 is 0 Å². The summed E-state index contributed by atoms with van der Waals surface area (Å²) in [6, 6.07) is 0.287. The summed E-state index contributed by atoms with van der Waals surface area (Å²) in [5.41, 5.74) is 5.98. The van der Waals surface area contributed by atoms with Gasteiger partial charge in [0, 0.05) is 25.8 Å². The van der Waals surface area contributed by atoms with Gasteiger partial charge in [-0.25, -0.2) is 0 Å². The largest absolute Gasteiger partial charge is 0.381 e. The van der Waals surface area contributed by atoms with Crippen molar-refractivity contribution < 1.29 is 9.53 Å². The SMILES string of the molecule is CC(NC(=O)C1(CN)CCOCC1)C12CC3CC(CC(C3)C1)C2. The lowest BCUT2D eigenvalue weighted by molar-refractivity contribution is -0.140. The molecule has 0 radical (unpaired) electrons. The summed E-state index contributed by atoms with van der Waals surface area (Å²) in [6.07, 6.45) is 9.88. The van der Waals surface area contributed by atoms with Gasteiger partial charge in [0.15, 0.2) is 0 Å². The summed E-state index contributed by atoms with van der Waals surface area (Å²) in [7, 11) is 0. The van der Waals surface area contributed by atoms with Crippen molar-refractivity contribution in [2.45, 2.75) is 64.3 Å². The molecule has 1 heterocycles. The van der Waals surface area contributed by atoms with Gasteiger partial charge < -0.3 is 15.8 Å². The van der Waals surface area contributed by atoms with E-state index in [0.29, 0.717) is 25.2 Å². The van der Waals surface area contributed by atoms with E-state index in [2.05, 4.69) is 12.2 Å². The lowest BCUT2D eigenvalue weighted by Gasteiger charge is -2.59. The Balaban J connectivity index is 1.47. The zero-order valence-corrected chi connectivity index (χ0v) is 14.5. The van der Waals surface area contributed by atoms with E-state index in [4.69, 9.17) is 10.5 Å². The van der Waals surface area contributed by atoms with Crippen LogP contribution in [0.1, 0.15) is 58.3 Å². The Labute approximate surface area is 139 Å². The van der Waals surface area contributed by atoms with Crippen molar-refractivity contribution in [3.63, 3.8) is 0 Å². The average molecular weight is 320 g/mol. The fourth-order valence-electron chi connectivity index (χ4n) is 6.50. The molecule has 0 spiro atoms. The molecule has 0 aromatic carbocycles. The third-order valence-electron chi connectivity index (χ3n) is 7.67. The summed E-state index contributed by atoms with van der Waals surface area (Å²) in [5, 5.41) is 3.42. The van der Waals surface area contributed by atoms with Gasteiger partial charge in [-0.2, -0.15) is 0 Å². The van der Waals surface area contributed by atoms with Gasteiger partial charge in [0.1, 0.15) is 0 Å². The molecule has 1 saturated heterocycles. The van der Waals surface area contributed by atoms with E-state index >= 15 is 0 Å². The smallest absolute Gasteiger partial charge is 0.227 e. The molecule has 1 unspecified atom stereocenters. The first-order valence-corrected chi connectivity index (χ1v) is 9.64. The fraction of sp³-hybridized carbons (Fsp3) is 0.947.